The zero-order chi connectivity index (χ0) is 17.7. The Bertz CT molecular complexity index is 958. The van der Waals surface area contributed by atoms with Crippen molar-refractivity contribution >= 4 is 17.2 Å². The molecule has 2 aliphatic heterocycles. The number of thiophene rings is 1. The maximum Gasteiger partial charge on any atom is 0.253 e. The summed E-state index contributed by atoms with van der Waals surface area (Å²) in [7, 11) is 0. The van der Waals surface area contributed by atoms with Gasteiger partial charge in [0.25, 0.3) is 5.91 Å². The van der Waals surface area contributed by atoms with Crippen molar-refractivity contribution in [3.8, 4) is 10.6 Å². The Balaban J connectivity index is 1.42. The second-order valence-corrected chi connectivity index (χ2v) is 8.42. The van der Waals surface area contributed by atoms with Crippen LogP contribution in [0.25, 0.3) is 10.6 Å². The summed E-state index contributed by atoms with van der Waals surface area (Å²) in [6.07, 6.45) is 4.09. The minimum absolute atomic E-state index is 0.0237. The Morgan fingerprint density at radius 2 is 1.96 bits per heavy atom. The molecule has 0 aliphatic carbocycles. The van der Waals surface area contributed by atoms with Crippen LogP contribution in [0.1, 0.15) is 34.6 Å². The number of aromatic nitrogens is 2. The van der Waals surface area contributed by atoms with Crippen LogP contribution in [0, 0.1) is 6.92 Å². The molecule has 4 heterocycles. The smallest absolute Gasteiger partial charge is 0.253 e. The molecule has 1 unspecified atom stereocenters. The zero-order valence-corrected chi connectivity index (χ0v) is 15.6. The number of likely N-dealkylation sites (tertiary alicyclic amines) is 1. The predicted molar refractivity (Wildman–Crippen MR) is 104 cm³/mol. The predicted octanol–water partition coefficient (Wildman–Crippen LogP) is 4.11. The highest BCUT2D eigenvalue weighted by Crippen LogP contribution is 2.44. The van der Waals surface area contributed by atoms with Crippen LogP contribution in [0.2, 0.25) is 0 Å². The molecule has 26 heavy (non-hydrogen) atoms. The number of carbonyl (C=O) groups is 1. The van der Waals surface area contributed by atoms with E-state index in [4.69, 9.17) is 4.98 Å². The number of nitrogens with zero attached hydrogens (tertiary/aromatic N) is 3. The van der Waals surface area contributed by atoms with Crippen molar-refractivity contribution in [1.82, 2.24) is 14.5 Å². The van der Waals surface area contributed by atoms with Gasteiger partial charge in [0.1, 0.15) is 5.82 Å². The maximum absolute atomic E-state index is 12.9. The first-order valence-corrected chi connectivity index (χ1v) is 10.0. The Morgan fingerprint density at radius 3 is 2.73 bits per heavy atom. The van der Waals surface area contributed by atoms with E-state index in [-0.39, 0.29) is 11.3 Å². The van der Waals surface area contributed by atoms with Crippen molar-refractivity contribution in [3.05, 3.63) is 64.9 Å². The van der Waals surface area contributed by atoms with Gasteiger partial charge in [-0.05, 0) is 43.3 Å². The van der Waals surface area contributed by atoms with Gasteiger partial charge in [0.2, 0.25) is 0 Å². The molecule has 5 heteroatoms. The molecule has 0 saturated carbocycles. The first kappa shape index (κ1) is 15.8. The molecular weight excluding hydrogens is 342 g/mol. The topological polar surface area (TPSA) is 38.1 Å². The minimum Gasteiger partial charge on any atom is -0.338 e. The summed E-state index contributed by atoms with van der Waals surface area (Å²) in [6, 6.07) is 12.1. The van der Waals surface area contributed by atoms with Crippen LogP contribution < -0.4 is 0 Å². The molecule has 1 aromatic carbocycles. The second-order valence-electron chi connectivity index (χ2n) is 7.47. The summed E-state index contributed by atoms with van der Waals surface area (Å²) in [5, 5.41) is 2.11. The van der Waals surface area contributed by atoms with Crippen molar-refractivity contribution in [2.24, 2.45) is 0 Å². The van der Waals surface area contributed by atoms with Gasteiger partial charge in [0.05, 0.1) is 16.8 Å². The number of hydrogen-bond donors (Lipinski definition) is 0. The first-order chi connectivity index (χ1) is 12.7. The average molecular weight is 363 g/mol. The standard InChI is InChI=1S/C21H21N3OS/c1-15-4-6-16(7-5-15)19(25)23-10-8-21(14-23)9-11-24-17(13-22-20(21)24)18-3-2-12-26-18/h2-7,12-13H,8-11,14H2,1H3. The molecule has 1 atom stereocenters. The molecule has 0 N–H and O–H groups in total. The Labute approximate surface area is 157 Å². The number of rotatable bonds is 2. The molecule has 3 aromatic rings. The van der Waals surface area contributed by atoms with Crippen LogP contribution in [0.4, 0.5) is 0 Å². The number of benzene rings is 1. The SMILES string of the molecule is Cc1ccc(C(=O)N2CCC3(CCn4c(-c5cccs5)cnc43)C2)cc1. The van der Waals surface area contributed by atoms with E-state index in [1.54, 1.807) is 11.3 Å². The fraction of sp³-hybridized carbons (Fsp3) is 0.333. The van der Waals surface area contributed by atoms with E-state index in [1.807, 2.05) is 42.3 Å². The van der Waals surface area contributed by atoms with Gasteiger partial charge >= 0.3 is 0 Å². The molecule has 0 bridgehead atoms. The van der Waals surface area contributed by atoms with Gasteiger partial charge in [0, 0.05) is 30.6 Å². The molecule has 132 valence electrons. The van der Waals surface area contributed by atoms with Gasteiger partial charge in [-0.25, -0.2) is 4.98 Å². The largest absolute Gasteiger partial charge is 0.338 e. The molecule has 1 saturated heterocycles. The Morgan fingerprint density at radius 1 is 1.15 bits per heavy atom. The number of carbonyl (C=O) groups excluding carboxylic acids is 1. The van der Waals surface area contributed by atoms with Crippen LogP contribution in [-0.4, -0.2) is 33.4 Å². The molecule has 1 fully saturated rings. The summed E-state index contributed by atoms with van der Waals surface area (Å²) in [5.41, 5.74) is 3.21. The maximum atomic E-state index is 12.9. The van der Waals surface area contributed by atoms with Crippen molar-refractivity contribution < 1.29 is 4.79 Å². The third-order valence-electron chi connectivity index (χ3n) is 5.86. The fourth-order valence-corrected chi connectivity index (χ4v) is 5.14. The van der Waals surface area contributed by atoms with Gasteiger partial charge in [-0.3, -0.25) is 4.79 Å². The summed E-state index contributed by atoms with van der Waals surface area (Å²) < 4.78 is 2.37. The Hall–Kier alpha value is -2.40. The van der Waals surface area contributed by atoms with Crippen LogP contribution in [0.15, 0.2) is 48.0 Å². The molecule has 4 nitrogen and oxygen atoms in total. The molecule has 0 radical (unpaired) electrons. The summed E-state index contributed by atoms with van der Waals surface area (Å²) in [6.45, 7) is 4.63. The van der Waals surface area contributed by atoms with E-state index < -0.39 is 0 Å². The van der Waals surface area contributed by atoms with Gasteiger partial charge < -0.3 is 9.47 Å². The molecule has 2 aromatic heterocycles. The van der Waals surface area contributed by atoms with E-state index in [0.29, 0.717) is 0 Å². The van der Waals surface area contributed by atoms with E-state index in [2.05, 4.69) is 22.1 Å². The number of hydrogen-bond acceptors (Lipinski definition) is 3. The zero-order valence-electron chi connectivity index (χ0n) is 14.8. The molecule has 1 spiro atoms. The fourth-order valence-electron chi connectivity index (χ4n) is 4.39. The first-order valence-electron chi connectivity index (χ1n) is 9.12. The van der Waals surface area contributed by atoms with E-state index in [1.165, 1.54) is 22.0 Å². The van der Waals surface area contributed by atoms with E-state index >= 15 is 0 Å². The highest BCUT2D eigenvalue weighted by atomic mass is 32.1. The van der Waals surface area contributed by atoms with Crippen LogP contribution in [0.5, 0.6) is 0 Å². The number of imidazole rings is 1. The Kier molecular flexibility index (Phi) is 3.54. The summed E-state index contributed by atoms with van der Waals surface area (Å²) in [4.78, 5) is 21.0. The monoisotopic (exact) mass is 363 g/mol. The lowest BCUT2D eigenvalue weighted by atomic mass is 9.85. The number of aryl methyl sites for hydroxylation is 1. The van der Waals surface area contributed by atoms with Gasteiger partial charge in [-0.2, -0.15) is 0 Å². The normalized spacial score (nSPS) is 21.5. The number of amides is 1. The number of fused-ring (bicyclic) bond motifs is 2. The van der Waals surface area contributed by atoms with Crippen molar-refractivity contribution in [2.45, 2.75) is 31.7 Å². The lowest BCUT2D eigenvalue weighted by molar-refractivity contribution is 0.0783. The molecule has 2 aliphatic rings. The van der Waals surface area contributed by atoms with Crippen LogP contribution in [-0.2, 0) is 12.0 Å². The third kappa shape index (κ3) is 2.34. The summed E-state index contributed by atoms with van der Waals surface area (Å²) >= 11 is 1.76. The highest BCUT2D eigenvalue weighted by molar-refractivity contribution is 7.13. The molecule has 5 rings (SSSR count). The van der Waals surface area contributed by atoms with Crippen molar-refractivity contribution in [3.63, 3.8) is 0 Å². The third-order valence-corrected chi connectivity index (χ3v) is 6.75. The van der Waals surface area contributed by atoms with E-state index in [9.17, 15) is 4.79 Å². The highest BCUT2D eigenvalue weighted by Gasteiger charge is 2.47. The van der Waals surface area contributed by atoms with Gasteiger partial charge in [-0.15, -0.1) is 11.3 Å². The minimum atomic E-state index is 0.0237. The quantitative estimate of drug-likeness (QED) is 0.687. The van der Waals surface area contributed by atoms with Crippen molar-refractivity contribution in [2.75, 3.05) is 13.1 Å². The van der Waals surface area contributed by atoms with E-state index in [0.717, 1.165) is 38.0 Å². The molecular formula is C21H21N3OS. The lowest BCUT2D eigenvalue weighted by Crippen LogP contribution is -2.33. The molecule has 1 amide bonds. The average Bonchev–Trinajstić information content (AvgIpc) is 3.42. The van der Waals surface area contributed by atoms with Crippen molar-refractivity contribution in [1.29, 1.82) is 0 Å². The second kappa shape index (κ2) is 5.81. The van der Waals surface area contributed by atoms with Gasteiger partial charge in [-0.1, -0.05) is 23.8 Å². The van der Waals surface area contributed by atoms with Crippen LogP contribution in [0.3, 0.4) is 0 Å². The lowest BCUT2D eigenvalue weighted by Gasteiger charge is -2.22. The van der Waals surface area contributed by atoms with Gasteiger partial charge in [0.15, 0.2) is 0 Å². The van der Waals surface area contributed by atoms with Crippen LogP contribution >= 0.6 is 11.3 Å². The summed E-state index contributed by atoms with van der Waals surface area (Å²) in [5.74, 6) is 1.31.